The molecule has 0 atom stereocenters. The lowest BCUT2D eigenvalue weighted by molar-refractivity contribution is -0.122. The van der Waals surface area contributed by atoms with Gasteiger partial charge < -0.3 is 15.4 Å². The summed E-state index contributed by atoms with van der Waals surface area (Å²) in [5, 5.41) is 5.60. The third kappa shape index (κ3) is 4.49. The molecule has 0 aromatic heterocycles. The highest BCUT2D eigenvalue weighted by Gasteiger charge is 2.03. The molecule has 0 spiro atoms. The summed E-state index contributed by atoms with van der Waals surface area (Å²) in [6.45, 7) is 0.346. The molecule has 0 heterocycles. The van der Waals surface area contributed by atoms with Gasteiger partial charge in [-0.1, -0.05) is 24.3 Å². The van der Waals surface area contributed by atoms with Gasteiger partial charge in [0, 0.05) is 30.9 Å². The summed E-state index contributed by atoms with van der Waals surface area (Å²) < 4.78 is 18.9. The minimum Gasteiger partial charge on any atom is -0.484 e. The standard InChI is InChI=1S/C16H17FN2O2/c1-18-16(20)11-21-14-7-4-6-13(9-14)19-10-12-5-2-3-8-15(12)17/h2-9,19H,10-11H2,1H3,(H,18,20). The third-order valence-electron chi connectivity index (χ3n) is 2.92. The average Bonchev–Trinajstić information content (AvgIpc) is 2.52. The first-order chi connectivity index (χ1) is 10.2. The van der Waals surface area contributed by atoms with Gasteiger partial charge in [-0.3, -0.25) is 4.79 Å². The van der Waals surface area contributed by atoms with Crippen molar-refractivity contribution in [2.45, 2.75) is 6.54 Å². The lowest BCUT2D eigenvalue weighted by Crippen LogP contribution is -2.24. The van der Waals surface area contributed by atoms with E-state index in [1.54, 1.807) is 37.4 Å². The first-order valence-corrected chi connectivity index (χ1v) is 6.60. The first-order valence-electron chi connectivity index (χ1n) is 6.60. The molecule has 0 unspecified atom stereocenters. The second-order valence-electron chi connectivity index (χ2n) is 4.43. The van der Waals surface area contributed by atoms with E-state index >= 15 is 0 Å². The molecule has 2 aromatic carbocycles. The Labute approximate surface area is 122 Å². The van der Waals surface area contributed by atoms with Gasteiger partial charge in [0.15, 0.2) is 6.61 Å². The number of ether oxygens (including phenoxy) is 1. The maximum Gasteiger partial charge on any atom is 0.257 e. The lowest BCUT2D eigenvalue weighted by atomic mass is 10.2. The van der Waals surface area contributed by atoms with Crippen molar-refractivity contribution < 1.29 is 13.9 Å². The molecule has 21 heavy (non-hydrogen) atoms. The molecular weight excluding hydrogens is 271 g/mol. The molecule has 110 valence electrons. The topological polar surface area (TPSA) is 50.4 Å². The van der Waals surface area contributed by atoms with Crippen molar-refractivity contribution in [3.8, 4) is 5.75 Å². The molecule has 2 rings (SSSR count). The van der Waals surface area contributed by atoms with Gasteiger partial charge in [0.25, 0.3) is 5.91 Å². The van der Waals surface area contributed by atoms with E-state index in [0.29, 0.717) is 17.9 Å². The molecule has 2 N–H and O–H groups in total. The van der Waals surface area contributed by atoms with Crippen LogP contribution in [0.4, 0.5) is 10.1 Å². The van der Waals surface area contributed by atoms with Crippen LogP contribution in [0.15, 0.2) is 48.5 Å². The number of rotatable bonds is 6. The molecule has 2 aromatic rings. The summed E-state index contributed by atoms with van der Waals surface area (Å²) in [6, 6.07) is 13.8. The van der Waals surface area contributed by atoms with E-state index in [1.807, 2.05) is 12.1 Å². The van der Waals surface area contributed by atoms with Crippen LogP contribution in [0.5, 0.6) is 5.75 Å². The van der Waals surface area contributed by atoms with Crippen LogP contribution in [0.25, 0.3) is 0 Å². The highest BCUT2D eigenvalue weighted by Crippen LogP contribution is 2.18. The van der Waals surface area contributed by atoms with E-state index in [2.05, 4.69) is 10.6 Å². The summed E-state index contributed by atoms with van der Waals surface area (Å²) in [4.78, 5) is 11.1. The normalized spacial score (nSPS) is 10.0. The van der Waals surface area contributed by atoms with Crippen LogP contribution in [0.2, 0.25) is 0 Å². The zero-order valence-corrected chi connectivity index (χ0v) is 11.7. The number of amides is 1. The first kappa shape index (κ1) is 14.8. The van der Waals surface area contributed by atoms with Crippen molar-refractivity contribution in [3.05, 3.63) is 59.9 Å². The van der Waals surface area contributed by atoms with Crippen molar-refractivity contribution in [2.75, 3.05) is 19.0 Å². The summed E-state index contributed by atoms with van der Waals surface area (Å²) in [5.41, 5.74) is 1.39. The number of anilines is 1. The SMILES string of the molecule is CNC(=O)COc1cccc(NCc2ccccc2F)c1. The molecule has 0 radical (unpaired) electrons. The monoisotopic (exact) mass is 288 g/mol. The van der Waals surface area contributed by atoms with Crippen LogP contribution in [0.3, 0.4) is 0 Å². The Bertz CT molecular complexity index is 617. The minimum absolute atomic E-state index is 0.0345. The number of carbonyl (C=O) groups is 1. The van der Waals surface area contributed by atoms with E-state index in [4.69, 9.17) is 4.74 Å². The quantitative estimate of drug-likeness (QED) is 0.859. The van der Waals surface area contributed by atoms with Crippen LogP contribution < -0.4 is 15.4 Å². The number of hydrogen-bond donors (Lipinski definition) is 2. The molecule has 0 aliphatic rings. The highest BCUT2D eigenvalue weighted by molar-refractivity contribution is 5.77. The predicted octanol–water partition coefficient (Wildman–Crippen LogP) is 2.56. The molecule has 0 aliphatic heterocycles. The molecule has 0 aliphatic carbocycles. The number of carbonyl (C=O) groups excluding carboxylic acids is 1. The predicted molar refractivity (Wildman–Crippen MR) is 79.7 cm³/mol. The number of halogens is 1. The fourth-order valence-corrected chi connectivity index (χ4v) is 1.76. The Balaban J connectivity index is 1.95. The van der Waals surface area contributed by atoms with Gasteiger partial charge in [-0.25, -0.2) is 4.39 Å². The zero-order chi connectivity index (χ0) is 15.1. The molecule has 5 heteroatoms. The summed E-state index contributed by atoms with van der Waals surface area (Å²) in [6.07, 6.45) is 0. The van der Waals surface area contributed by atoms with E-state index in [1.165, 1.54) is 6.07 Å². The van der Waals surface area contributed by atoms with Crippen molar-refractivity contribution in [1.29, 1.82) is 0 Å². The van der Waals surface area contributed by atoms with Crippen LogP contribution in [-0.2, 0) is 11.3 Å². The second-order valence-corrected chi connectivity index (χ2v) is 4.43. The molecule has 0 saturated carbocycles. The van der Waals surface area contributed by atoms with E-state index in [0.717, 1.165) is 5.69 Å². The van der Waals surface area contributed by atoms with Gasteiger partial charge in [0.2, 0.25) is 0 Å². The number of likely N-dealkylation sites (N-methyl/N-ethyl adjacent to an activating group) is 1. The Morgan fingerprint density at radius 1 is 1.19 bits per heavy atom. The van der Waals surface area contributed by atoms with Crippen molar-refractivity contribution in [1.82, 2.24) is 5.32 Å². The summed E-state index contributed by atoms with van der Waals surface area (Å²) >= 11 is 0. The zero-order valence-electron chi connectivity index (χ0n) is 11.7. The Morgan fingerprint density at radius 2 is 2.00 bits per heavy atom. The van der Waals surface area contributed by atoms with Crippen LogP contribution in [0, 0.1) is 5.82 Å². The Hall–Kier alpha value is -2.56. The number of benzene rings is 2. The third-order valence-corrected chi connectivity index (χ3v) is 2.92. The van der Waals surface area contributed by atoms with Crippen molar-refractivity contribution in [2.24, 2.45) is 0 Å². The Morgan fingerprint density at radius 3 is 2.76 bits per heavy atom. The van der Waals surface area contributed by atoms with Crippen LogP contribution >= 0.6 is 0 Å². The summed E-state index contributed by atoms with van der Waals surface area (Å²) in [7, 11) is 1.55. The highest BCUT2D eigenvalue weighted by atomic mass is 19.1. The van der Waals surface area contributed by atoms with Gasteiger partial charge in [0.1, 0.15) is 11.6 Å². The molecule has 0 bridgehead atoms. The van der Waals surface area contributed by atoms with Crippen LogP contribution in [-0.4, -0.2) is 19.6 Å². The smallest absolute Gasteiger partial charge is 0.257 e. The summed E-state index contributed by atoms with van der Waals surface area (Å²) in [5.74, 6) is 0.147. The molecule has 0 saturated heterocycles. The van der Waals surface area contributed by atoms with E-state index in [-0.39, 0.29) is 18.3 Å². The maximum atomic E-state index is 13.5. The van der Waals surface area contributed by atoms with Crippen molar-refractivity contribution >= 4 is 11.6 Å². The van der Waals surface area contributed by atoms with Crippen molar-refractivity contribution in [3.63, 3.8) is 0 Å². The van der Waals surface area contributed by atoms with E-state index < -0.39 is 0 Å². The second kappa shape index (κ2) is 7.28. The largest absolute Gasteiger partial charge is 0.484 e. The molecule has 0 fully saturated rings. The average molecular weight is 288 g/mol. The van der Waals surface area contributed by atoms with E-state index in [9.17, 15) is 9.18 Å². The van der Waals surface area contributed by atoms with Gasteiger partial charge in [-0.05, 0) is 18.2 Å². The maximum absolute atomic E-state index is 13.5. The molecule has 4 nitrogen and oxygen atoms in total. The fraction of sp³-hybridized carbons (Fsp3) is 0.188. The number of hydrogen-bond acceptors (Lipinski definition) is 3. The number of nitrogens with one attached hydrogen (secondary N) is 2. The minimum atomic E-state index is -0.239. The van der Waals surface area contributed by atoms with Gasteiger partial charge in [0.05, 0.1) is 0 Å². The molecular formula is C16H17FN2O2. The molecule has 1 amide bonds. The fourth-order valence-electron chi connectivity index (χ4n) is 1.76. The van der Waals surface area contributed by atoms with Crippen LogP contribution in [0.1, 0.15) is 5.56 Å². The Kier molecular flexibility index (Phi) is 5.15. The van der Waals surface area contributed by atoms with Gasteiger partial charge >= 0.3 is 0 Å². The lowest BCUT2D eigenvalue weighted by Gasteiger charge is -2.10. The van der Waals surface area contributed by atoms with Gasteiger partial charge in [-0.2, -0.15) is 0 Å². The van der Waals surface area contributed by atoms with Gasteiger partial charge in [-0.15, -0.1) is 0 Å².